The van der Waals surface area contributed by atoms with Gasteiger partial charge in [0.05, 0.1) is 12.1 Å². The lowest BCUT2D eigenvalue weighted by Crippen LogP contribution is -2.49. The first-order valence-electron chi connectivity index (χ1n) is 7.52. The largest absolute Gasteiger partial charge is 0.480 e. The number of nitrogens with one attached hydrogen (secondary N) is 1. The average molecular weight is 284 g/mol. The van der Waals surface area contributed by atoms with Gasteiger partial charge < -0.3 is 20.1 Å². The molecule has 0 aromatic rings. The third-order valence-electron chi connectivity index (χ3n) is 4.05. The molecule has 20 heavy (non-hydrogen) atoms. The van der Waals surface area contributed by atoms with Crippen LogP contribution in [0.3, 0.4) is 0 Å². The molecule has 1 amide bonds. The van der Waals surface area contributed by atoms with Gasteiger partial charge in [-0.2, -0.15) is 0 Å². The maximum atomic E-state index is 12.4. The van der Waals surface area contributed by atoms with Crippen LogP contribution in [0.4, 0.5) is 0 Å². The van der Waals surface area contributed by atoms with Gasteiger partial charge in [0.2, 0.25) is 5.91 Å². The van der Waals surface area contributed by atoms with Gasteiger partial charge in [-0.05, 0) is 32.2 Å². The number of likely N-dealkylation sites (tertiary alicyclic amines) is 1. The minimum absolute atomic E-state index is 0.0303. The summed E-state index contributed by atoms with van der Waals surface area (Å²) in [6, 6.07) is -0.0333. The van der Waals surface area contributed by atoms with Crippen molar-refractivity contribution in [1.82, 2.24) is 10.2 Å². The monoisotopic (exact) mass is 284 g/mol. The van der Waals surface area contributed by atoms with Crippen molar-refractivity contribution < 1.29 is 19.4 Å². The predicted octanol–water partition coefficient (Wildman–Crippen LogP) is 0.611. The third kappa shape index (κ3) is 4.45. The van der Waals surface area contributed by atoms with Gasteiger partial charge in [0.25, 0.3) is 0 Å². The molecule has 1 unspecified atom stereocenters. The Bertz CT molecular complexity index is 332. The number of aliphatic carboxylic acids is 1. The zero-order valence-corrected chi connectivity index (χ0v) is 11.8. The highest BCUT2D eigenvalue weighted by Gasteiger charge is 2.28. The zero-order valence-electron chi connectivity index (χ0n) is 11.8. The highest BCUT2D eigenvalue weighted by atomic mass is 16.5. The molecular formula is C14H24N2O4. The van der Waals surface area contributed by atoms with E-state index in [2.05, 4.69) is 5.32 Å². The molecule has 0 saturated carbocycles. The van der Waals surface area contributed by atoms with Crippen LogP contribution < -0.4 is 5.32 Å². The molecule has 0 spiro atoms. The van der Waals surface area contributed by atoms with Crippen LogP contribution in [0.2, 0.25) is 0 Å². The number of rotatable bonds is 4. The Morgan fingerprint density at radius 2 is 1.90 bits per heavy atom. The van der Waals surface area contributed by atoms with Crippen LogP contribution in [-0.2, 0) is 14.3 Å². The second kappa shape index (κ2) is 7.59. The molecule has 0 aromatic heterocycles. The van der Waals surface area contributed by atoms with Crippen molar-refractivity contribution in [3.63, 3.8) is 0 Å². The molecule has 0 aliphatic carbocycles. The summed E-state index contributed by atoms with van der Waals surface area (Å²) in [5.74, 6) is -0.741. The average Bonchev–Trinajstić information content (AvgIpc) is 2.74. The van der Waals surface area contributed by atoms with E-state index < -0.39 is 5.97 Å². The summed E-state index contributed by atoms with van der Waals surface area (Å²) in [4.78, 5) is 24.8. The predicted molar refractivity (Wildman–Crippen MR) is 73.4 cm³/mol. The van der Waals surface area contributed by atoms with Crippen LogP contribution in [0, 0.1) is 0 Å². The molecule has 2 aliphatic heterocycles. The van der Waals surface area contributed by atoms with Gasteiger partial charge in [-0.1, -0.05) is 12.8 Å². The van der Waals surface area contributed by atoms with Gasteiger partial charge in [0.15, 0.2) is 0 Å². The Kier molecular flexibility index (Phi) is 5.79. The van der Waals surface area contributed by atoms with E-state index in [0.29, 0.717) is 13.1 Å². The maximum absolute atomic E-state index is 12.4. The van der Waals surface area contributed by atoms with Gasteiger partial charge in [0.1, 0.15) is 6.61 Å². The van der Waals surface area contributed by atoms with Crippen molar-refractivity contribution in [3.05, 3.63) is 0 Å². The van der Waals surface area contributed by atoms with Gasteiger partial charge in [0, 0.05) is 13.1 Å². The molecule has 2 rings (SSSR count). The number of amides is 1. The molecule has 2 heterocycles. The van der Waals surface area contributed by atoms with Crippen molar-refractivity contribution in [3.8, 4) is 0 Å². The number of hydrogen-bond donors (Lipinski definition) is 2. The molecule has 114 valence electrons. The fourth-order valence-electron chi connectivity index (χ4n) is 2.89. The first-order chi connectivity index (χ1) is 9.66. The smallest absolute Gasteiger partial charge is 0.329 e. The number of ether oxygens (including phenoxy) is 1. The molecule has 2 aliphatic rings. The molecular weight excluding hydrogens is 260 g/mol. The number of carboxylic acids is 1. The molecule has 0 bridgehead atoms. The van der Waals surface area contributed by atoms with Gasteiger partial charge in [-0.25, -0.2) is 4.79 Å². The molecule has 1 atom stereocenters. The van der Waals surface area contributed by atoms with E-state index in [0.717, 1.165) is 38.6 Å². The number of carbonyl (C=O) groups is 2. The SMILES string of the molecule is O=C(O)COC1CCN(C(=O)C2CCCCCN2)CC1. The minimum atomic E-state index is -0.939. The fourth-order valence-corrected chi connectivity index (χ4v) is 2.89. The Hall–Kier alpha value is -1.14. The van der Waals surface area contributed by atoms with E-state index in [4.69, 9.17) is 9.84 Å². The first kappa shape index (κ1) is 15.3. The fraction of sp³-hybridized carbons (Fsp3) is 0.857. The quantitative estimate of drug-likeness (QED) is 0.791. The zero-order chi connectivity index (χ0) is 14.4. The molecule has 0 aromatic carbocycles. The summed E-state index contributed by atoms with van der Waals surface area (Å²) < 4.78 is 5.28. The first-order valence-corrected chi connectivity index (χ1v) is 7.52. The minimum Gasteiger partial charge on any atom is -0.480 e. The van der Waals surface area contributed by atoms with Crippen molar-refractivity contribution >= 4 is 11.9 Å². The highest BCUT2D eigenvalue weighted by Crippen LogP contribution is 2.17. The summed E-state index contributed by atoms with van der Waals surface area (Å²) >= 11 is 0. The Morgan fingerprint density at radius 1 is 1.15 bits per heavy atom. The van der Waals surface area contributed by atoms with E-state index in [1.807, 2.05) is 4.90 Å². The second-order valence-electron chi connectivity index (χ2n) is 5.59. The number of nitrogens with zero attached hydrogens (tertiary/aromatic N) is 1. The van der Waals surface area contributed by atoms with Crippen LogP contribution in [0.15, 0.2) is 0 Å². The number of piperidine rings is 1. The van der Waals surface area contributed by atoms with Crippen LogP contribution in [-0.4, -0.2) is 60.3 Å². The van der Waals surface area contributed by atoms with Gasteiger partial charge >= 0.3 is 5.97 Å². The summed E-state index contributed by atoms with van der Waals surface area (Å²) in [6.07, 6.45) is 5.81. The molecule has 0 radical (unpaired) electrons. The topological polar surface area (TPSA) is 78.9 Å². The van der Waals surface area contributed by atoms with E-state index in [1.165, 1.54) is 6.42 Å². The Balaban J connectivity index is 1.74. The molecule has 2 saturated heterocycles. The lowest BCUT2D eigenvalue weighted by molar-refractivity contribution is -0.147. The van der Waals surface area contributed by atoms with Crippen molar-refractivity contribution in [2.24, 2.45) is 0 Å². The molecule has 2 N–H and O–H groups in total. The van der Waals surface area contributed by atoms with Gasteiger partial charge in [-0.15, -0.1) is 0 Å². The molecule has 2 fully saturated rings. The highest BCUT2D eigenvalue weighted by molar-refractivity contribution is 5.82. The van der Waals surface area contributed by atoms with E-state index in [-0.39, 0.29) is 24.7 Å². The maximum Gasteiger partial charge on any atom is 0.329 e. The normalized spacial score (nSPS) is 25.2. The lowest BCUT2D eigenvalue weighted by Gasteiger charge is -2.34. The van der Waals surface area contributed by atoms with Crippen molar-refractivity contribution in [1.29, 1.82) is 0 Å². The van der Waals surface area contributed by atoms with E-state index >= 15 is 0 Å². The van der Waals surface area contributed by atoms with Crippen molar-refractivity contribution in [2.75, 3.05) is 26.2 Å². The molecule has 6 heteroatoms. The standard InChI is InChI=1S/C14H24N2O4/c17-13(18)10-20-11-5-8-16(9-6-11)14(19)12-4-2-1-3-7-15-12/h11-12,15H,1-10H2,(H,17,18). The van der Waals surface area contributed by atoms with Crippen LogP contribution >= 0.6 is 0 Å². The van der Waals surface area contributed by atoms with E-state index in [1.54, 1.807) is 0 Å². The van der Waals surface area contributed by atoms with E-state index in [9.17, 15) is 9.59 Å². The summed E-state index contributed by atoms with van der Waals surface area (Å²) in [5, 5.41) is 11.9. The Labute approximate surface area is 119 Å². The van der Waals surface area contributed by atoms with Crippen LogP contribution in [0.5, 0.6) is 0 Å². The number of carboxylic acid groups (broad SMARTS) is 1. The Morgan fingerprint density at radius 3 is 2.60 bits per heavy atom. The summed E-state index contributed by atoms with van der Waals surface area (Å²) in [6.45, 7) is 2.01. The molecule has 6 nitrogen and oxygen atoms in total. The second-order valence-corrected chi connectivity index (χ2v) is 5.59. The number of hydrogen-bond acceptors (Lipinski definition) is 4. The lowest BCUT2D eigenvalue weighted by atomic mass is 10.0. The van der Waals surface area contributed by atoms with Crippen LogP contribution in [0.25, 0.3) is 0 Å². The summed E-state index contributed by atoms with van der Waals surface area (Å²) in [5.41, 5.74) is 0. The van der Waals surface area contributed by atoms with Crippen LogP contribution in [0.1, 0.15) is 38.5 Å². The summed E-state index contributed by atoms with van der Waals surface area (Å²) in [7, 11) is 0. The van der Waals surface area contributed by atoms with Gasteiger partial charge in [-0.3, -0.25) is 4.79 Å². The third-order valence-corrected chi connectivity index (χ3v) is 4.05. The number of carbonyl (C=O) groups excluding carboxylic acids is 1. The van der Waals surface area contributed by atoms with Crippen molar-refractivity contribution in [2.45, 2.75) is 50.7 Å².